The van der Waals surface area contributed by atoms with E-state index in [1.807, 2.05) is 0 Å². The second-order valence-electron chi connectivity index (χ2n) is 2.70. The number of aromatic nitrogens is 3. The van der Waals surface area contributed by atoms with Crippen LogP contribution in [0.1, 0.15) is 15.9 Å². The highest BCUT2D eigenvalue weighted by molar-refractivity contribution is 6.08. The molecule has 0 aliphatic rings. The minimum absolute atomic E-state index is 0.112. The lowest BCUT2D eigenvalue weighted by Crippen LogP contribution is -2.02. The van der Waals surface area contributed by atoms with E-state index in [-0.39, 0.29) is 5.78 Å². The van der Waals surface area contributed by atoms with E-state index in [0.29, 0.717) is 11.1 Å². The molecule has 0 saturated carbocycles. The monoisotopic (exact) mass is 185 g/mol. The molecule has 0 atom stereocenters. The Labute approximate surface area is 80.7 Å². The maximum atomic E-state index is 11.7. The van der Waals surface area contributed by atoms with Gasteiger partial charge in [-0.25, -0.2) is 9.97 Å². The molecular weight excluding hydrogens is 178 g/mol. The van der Waals surface area contributed by atoms with Crippen LogP contribution < -0.4 is 0 Å². The van der Waals surface area contributed by atoms with Crippen molar-refractivity contribution in [2.75, 3.05) is 0 Å². The summed E-state index contributed by atoms with van der Waals surface area (Å²) in [5.41, 5.74) is 1.02. The number of pyridine rings is 1. The summed E-state index contributed by atoms with van der Waals surface area (Å²) in [4.78, 5) is 23.2. The van der Waals surface area contributed by atoms with E-state index in [1.165, 1.54) is 24.9 Å². The quantitative estimate of drug-likeness (QED) is 0.657. The first-order valence-electron chi connectivity index (χ1n) is 4.07. The molecule has 4 heteroatoms. The molecule has 0 aromatic carbocycles. The van der Waals surface area contributed by atoms with Crippen LogP contribution in [0.4, 0.5) is 0 Å². The second kappa shape index (κ2) is 3.74. The van der Waals surface area contributed by atoms with E-state index in [9.17, 15) is 4.79 Å². The first kappa shape index (κ1) is 8.50. The van der Waals surface area contributed by atoms with Crippen LogP contribution in [0.5, 0.6) is 0 Å². The number of nitrogens with zero attached hydrogens (tertiary/aromatic N) is 3. The van der Waals surface area contributed by atoms with Crippen LogP contribution >= 0.6 is 0 Å². The van der Waals surface area contributed by atoms with E-state index in [0.717, 1.165) is 0 Å². The summed E-state index contributed by atoms with van der Waals surface area (Å²) in [5, 5.41) is 0. The summed E-state index contributed by atoms with van der Waals surface area (Å²) in [5.74, 6) is -0.112. The number of rotatable bonds is 2. The van der Waals surface area contributed by atoms with Gasteiger partial charge in [-0.3, -0.25) is 9.78 Å². The lowest BCUT2D eigenvalue weighted by atomic mass is 10.1. The predicted octanol–water partition coefficient (Wildman–Crippen LogP) is 1.10. The summed E-state index contributed by atoms with van der Waals surface area (Å²) >= 11 is 0. The average molecular weight is 185 g/mol. The van der Waals surface area contributed by atoms with Gasteiger partial charge in [0.15, 0.2) is 5.78 Å². The zero-order valence-corrected chi connectivity index (χ0v) is 7.29. The first-order valence-corrected chi connectivity index (χ1v) is 4.07. The van der Waals surface area contributed by atoms with Crippen molar-refractivity contribution in [1.82, 2.24) is 15.0 Å². The molecule has 0 aliphatic heterocycles. The topological polar surface area (TPSA) is 55.7 Å². The number of ketones is 1. The highest BCUT2D eigenvalue weighted by atomic mass is 16.1. The predicted molar refractivity (Wildman–Crippen MR) is 49.7 cm³/mol. The van der Waals surface area contributed by atoms with Crippen LogP contribution in [0.3, 0.4) is 0 Å². The Morgan fingerprint density at radius 3 is 2.36 bits per heavy atom. The van der Waals surface area contributed by atoms with Crippen LogP contribution in [0.25, 0.3) is 0 Å². The van der Waals surface area contributed by atoms with Gasteiger partial charge in [0, 0.05) is 30.4 Å². The third-order valence-electron chi connectivity index (χ3n) is 1.75. The molecule has 0 fully saturated rings. The molecule has 0 saturated heterocycles. The molecular formula is C10H7N3O. The van der Waals surface area contributed by atoms with Crippen LogP contribution in [-0.4, -0.2) is 20.7 Å². The van der Waals surface area contributed by atoms with Crippen LogP contribution in [-0.2, 0) is 0 Å². The molecule has 0 N–H and O–H groups in total. The minimum Gasteiger partial charge on any atom is -0.288 e. The molecule has 14 heavy (non-hydrogen) atoms. The first-order chi connectivity index (χ1) is 6.88. The lowest BCUT2D eigenvalue weighted by Gasteiger charge is -1.97. The summed E-state index contributed by atoms with van der Waals surface area (Å²) < 4.78 is 0. The van der Waals surface area contributed by atoms with E-state index in [1.54, 1.807) is 18.3 Å². The van der Waals surface area contributed by atoms with Gasteiger partial charge in [0.25, 0.3) is 0 Å². The van der Waals surface area contributed by atoms with Crippen molar-refractivity contribution in [2.45, 2.75) is 0 Å². The van der Waals surface area contributed by atoms with Crippen LogP contribution in [0, 0.1) is 0 Å². The van der Waals surface area contributed by atoms with E-state index < -0.39 is 0 Å². The molecule has 68 valence electrons. The van der Waals surface area contributed by atoms with Crippen molar-refractivity contribution >= 4 is 5.78 Å². The van der Waals surface area contributed by atoms with E-state index in [2.05, 4.69) is 15.0 Å². The van der Waals surface area contributed by atoms with Crippen molar-refractivity contribution in [3.8, 4) is 0 Å². The Kier molecular flexibility index (Phi) is 2.27. The Bertz CT molecular complexity index is 386. The fraction of sp³-hybridized carbons (Fsp3) is 0. The molecule has 2 aromatic heterocycles. The molecule has 0 amide bonds. The van der Waals surface area contributed by atoms with Gasteiger partial charge in [-0.1, -0.05) is 0 Å². The SMILES string of the molecule is O=C(c1cccnc1)c1cncnc1. The van der Waals surface area contributed by atoms with Gasteiger partial charge >= 0.3 is 0 Å². The molecule has 0 spiro atoms. The Balaban J connectivity index is 2.35. The number of carbonyl (C=O) groups excluding carboxylic acids is 1. The number of carbonyl (C=O) groups is 1. The Morgan fingerprint density at radius 1 is 1.00 bits per heavy atom. The normalized spacial score (nSPS) is 9.71. The molecule has 2 heterocycles. The Hall–Kier alpha value is -2.10. The number of hydrogen-bond acceptors (Lipinski definition) is 4. The van der Waals surface area contributed by atoms with Crippen molar-refractivity contribution in [3.05, 3.63) is 54.4 Å². The molecule has 4 nitrogen and oxygen atoms in total. The van der Waals surface area contributed by atoms with Gasteiger partial charge in [-0.15, -0.1) is 0 Å². The smallest absolute Gasteiger partial charge is 0.197 e. The second-order valence-corrected chi connectivity index (χ2v) is 2.70. The van der Waals surface area contributed by atoms with Crippen molar-refractivity contribution in [2.24, 2.45) is 0 Å². The third kappa shape index (κ3) is 1.64. The summed E-state index contributed by atoms with van der Waals surface area (Å²) in [6, 6.07) is 3.43. The van der Waals surface area contributed by atoms with Gasteiger partial charge < -0.3 is 0 Å². The summed E-state index contributed by atoms with van der Waals surface area (Å²) in [7, 11) is 0. The lowest BCUT2D eigenvalue weighted by molar-refractivity contribution is 0.103. The van der Waals surface area contributed by atoms with Crippen molar-refractivity contribution in [3.63, 3.8) is 0 Å². The molecule has 2 aromatic rings. The van der Waals surface area contributed by atoms with Crippen molar-refractivity contribution in [1.29, 1.82) is 0 Å². The minimum atomic E-state index is -0.112. The van der Waals surface area contributed by atoms with Gasteiger partial charge in [-0.2, -0.15) is 0 Å². The van der Waals surface area contributed by atoms with E-state index in [4.69, 9.17) is 0 Å². The van der Waals surface area contributed by atoms with Gasteiger partial charge in [-0.05, 0) is 12.1 Å². The van der Waals surface area contributed by atoms with Crippen molar-refractivity contribution < 1.29 is 4.79 Å². The maximum Gasteiger partial charge on any atom is 0.197 e. The fourth-order valence-corrected chi connectivity index (χ4v) is 1.08. The van der Waals surface area contributed by atoms with Gasteiger partial charge in [0.2, 0.25) is 0 Å². The average Bonchev–Trinajstić information content (AvgIpc) is 2.30. The summed E-state index contributed by atoms with van der Waals surface area (Å²) in [6.45, 7) is 0. The molecule has 0 radical (unpaired) electrons. The summed E-state index contributed by atoms with van der Waals surface area (Å²) in [6.07, 6.45) is 7.51. The van der Waals surface area contributed by atoms with Gasteiger partial charge in [0.1, 0.15) is 6.33 Å². The highest BCUT2D eigenvalue weighted by Gasteiger charge is 2.08. The molecule has 0 unspecified atom stereocenters. The zero-order valence-electron chi connectivity index (χ0n) is 7.29. The number of hydrogen-bond donors (Lipinski definition) is 0. The van der Waals surface area contributed by atoms with E-state index >= 15 is 0 Å². The maximum absolute atomic E-state index is 11.7. The largest absolute Gasteiger partial charge is 0.288 e. The third-order valence-corrected chi connectivity index (χ3v) is 1.75. The molecule has 2 rings (SSSR count). The molecule has 0 bridgehead atoms. The van der Waals surface area contributed by atoms with Gasteiger partial charge in [0.05, 0.1) is 5.56 Å². The fourth-order valence-electron chi connectivity index (χ4n) is 1.08. The Morgan fingerprint density at radius 2 is 1.71 bits per heavy atom. The zero-order chi connectivity index (χ0) is 9.80. The van der Waals surface area contributed by atoms with Crippen LogP contribution in [0.15, 0.2) is 43.2 Å². The highest BCUT2D eigenvalue weighted by Crippen LogP contribution is 2.05. The van der Waals surface area contributed by atoms with Crippen LogP contribution in [0.2, 0.25) is 0 Å². The standard InChI is InChI=1S/C10H7N3O/c14-10(8-2-1-3-11-4-8)9-5-12-7-13-6-9/h1-7H. The molecule has 0 aliphatic carbocycles.